The summed E-state index contributed by atoms with van der Waals surface area (Å²) in [6, 6.07) is 8.15. The minimum absolute atomic E-state index is 0.370. The highest BCUT2D eigenvalue weighted by molar-refractivity contribution is 5.84. The lowest BCUT2D eigenvalue weighted by molar-refractivity contribution is 0.0989. The smallest absolute Gasteiger partial charge is 0.411 e. The van der Waals surface area contributed by atoms with E-state index in [1.165, 1.54) is 0 Å². The molecule has 104 valence electrons. The van der Waals surface area contributed by atoms with Gasteiger partial charge in [0.1, 0.15) is 0 Å². The number of morpholine rings is 1. The Morgan fingerprint density at radius 2 is 2.21 bits per heavy atom. The van der Waals surface area contributed by atoms with E-state index in [0.717, 1.165) is 31.1 Å². The third kappa shape index (κ3) is 3.61. The van der Waals surface area contributed by atoms with Gasteiger partial charge in [-0.05, 0) is 38.1 Å². The van der Waals surface area contributed by atoms with Crippen LogP contribution in [-0.4, -0.2) is 38.5 Å². The van der Waals surface area contributed by atoms with Crippen molar-refractivity contribution in [3.63, 3.8) is 0 Å². The number of nitrogens with zero attached hydrogens (tertiary/aromatic N) is 1. The van der Waals surface area contributed by atoms with Gasteiger partial charge < -0.3 is 14.4 Å². The van der Waals surface area contributed by atoms with Gasteiger partial charge >= 0.3 is 6.09 Å². The van der Waals surface area contributed by atoms with Crippen molar-refractivity contribution in [2.75, 3.05) is 36.6 Å². The zero-order chi connectivity index (χ0) is 13.7. The maximum absolute atomic E-state index is 11.3. The summed E-state index contributed by atoms with van der Waals surface area (Å²) in [5.74, 6) is 0. The Bertz CT molecular complexity index is 419. The van der Waals surface area contributed by atoms with Crippen molar-refractivity contribution < 1.29 is 14.3 Å². The van der Waals surface area contributed by atoms with Gasteiger partial charge in [-0.25, -0.2) is 4.79 Å². The molecule has 0 radical (unpaired) electrons. The average molecular weight is 264 g/mol. The number of benzene rings is 1. The molecule has 1 heterocycles. The number of ether oxygens (including phenoxy) is 2. The Balaban J connectivity index is 1.99. The highest BCUT2D eigenvalue weighted by atomic mass is 16.5. The fourth-order valence-corrected chi connectivity index (χ4v) is 2.13. The van der Waals surface area contributed by atoms with Gasteiger partial charge in [-0.2, -0.15) is 0 Å². The van der Waals surface area contributed by atoms with Gasteiger partial charge in [0.05, 0.1) is 19.8 Å². The van der Waals surface area contributed by atoms with Crippen molar-refractivity contribution in [2.24, 2.45) is 0 Å². The average Bonchev–Trinajstić information content (AvgIpc) is 2.41. The molecule has 0 aliphatic carbocycles. The number of amides is 1. The first-order valence-corrected chi connectivity index (χ1v) is 6.59. The van der Waals surface area contributed by atoms with Crippen LogP contribution in [0.2, 0.25) is 0 Å². The summed E-state index contributed by atoms with van der Waals surface area (Å²) in [7, 11) is 0. The van der Waals surface area contributed by atoms with Crippen molar-refractivity contribution in [3.05, 3.63) is 24.3 Å². The van der Waals surface area contributed by atoms with E-state index in [9.17, 15) is 4.79 Å². The largest absolute Gasteiger partial charge is 0.450 e. The molecule has 1 fully saturated rings. The van der Waals surface area contributed by atoms with Crippen molar-refractivity contribution in [2.45, 2.75) is 19.9 Å². The summed E-state index contributed by atoms with van der Waals surface area (Å²) >= 11 is 0. The van der Waals surface area contributed by atoms with Crippen LogP contribution in [0.4, 0.5) is 16.2 Å². The quantitative estimate of drug-likeness (QED) is 0.911. The molecule has 1 aliphatic heterocycles. The zero-order valence-electron chi connectivity index (χ0n) is 11.4. The van der Waals surface area contributed by atoms with Crippen LogP contribution < -0.4 is 10.2 Å². The SMILES string of the molecule is CCOC(=O)Nc1ccc(N2CCOCC2C)cc1. The number of carbonyl (C=O) groups is 1. The first-order valence-electron chi connectivity index (χ1n) is 6.59. The Kier molecular flexibility index (Phi) is 4.63. The van der Waals surface area contributed by atoms with E-state index >= 15 is 0 Å². The van der Waals surface area contributed by atoms with Crippen molar-refractivity contribution in [1.82, 2.24) is 0 Å². The molecule has 1 aromatic carbocycles. The van der Waals surface area contributed by atoms with Gasteiger partial charge in [-0.15, -0.1) is 0 Å². The molecular formula is C14H20N2O3. The summed E-state index contributed by atoms with van der Waals surface area (Å²) in [5.41, 5.74) is 1.88. The van der Waals surface area contributed by atoms with E-state index < -0.39 is 6.09 Å². The second kappa shape index (κ2) is 6.43. The van der Waals surface area contributed by atoms with Crippen molar-refractivity contribution in [1.29, 1.82) is 0 Å². The van der Waals surface area contributed by atoms with E-state index in [2.05, 4.69) is 17.1 Å². The molecule has 1 aliphatic rings. The van der Waals surface area contributed by atoms with Crippen LogP contribution in [0.3, 0.4) is 0 Å². The number of carbonyl (C=O) groups excluding carboxylic acids is 1. The third-order valence-electron chi connectivity index (χ3n) is 3.09. The topological polar surface area (TPSA) is 50.8 Å². The Morgan fingerprint density at radius 1 is 1.47 bits per heavy atom. The van der Waals surface area contributed by atoms with Crippen LogP contribution in [0.25, 0.3) is 0 Å². The highest BCUT2D eigenvalue weighted by Crippen LogP contribution is 2.21. The molecule has 1 aromatic rings. The molecule has 2 rings (SSSR count). The Hall–Kier alpha value is -1.75. The molecule has 0 spiro atoms. The zero-order valence-corrected chi connectivity index (χ0v) is 11.4. The van der Waals surface area contributed by atoms with E-state index in [1.54, 1.807) is 6.92 Å². The molecule has 1 N–H and O–H groups in total. The summed E-state index contributed by atoms with van der Waals surface area (Å²) in [4.78, 5) is 13.6. The van der Waals surface area contributed by atoms with E-state index in [-0.39, 0.29) is 0 Å². The third-order valence-corrected chi connectivity index (χ3v) is 3.09. The van der Waals surface area contributed by atoms with E-state index in [1.807, 2.05) is 24.3 Å². The van der Waals surface area contributed by atoms with Crippen molar-refractivity contribution in [3.8, 4) is 0 Å². The fraction of sp³-hybridized carbons (Fsp3) is 0.500. The number of anilines is 2. The first-order chi connectivity index (χ1) is 9.20. The minimum Gasteiger partial charge on any atom is -0.450 e. The first kappa shape index (κ1) is 13.7. The molecular weight excluding hydrogens is 244 g/mol. The van der Waals surface area contributed by atoms with Gasteiger partial charge in [-0.3, -0.25) is 5.32 Å². The van der Waals surface area contributed by atoms with Gasteiger partial charge in [-0.1, -0.05) is 0 Å². The standard InChI is InChI=1S/C14H20N2O3/c1-3-19-14(17)15-12-4-6-13(7-5-12)16-8-9-18-10-11(16)2/h4-7,11H,3,8-10H2,1-2H3,(H,15,17). The second-order valence-corrected chi connectivity index (χ2v) is 4.51. The maximum atomic E-state index is 11.3. The molecule has 0 saturated carbocycles. The highest BCUT2D eigenvalue weighted by Gasteiger charge is 2.18. The van der Waals surface area contributed by atoms with Gasteiger partial charge in [0.2, 0.25) is 0 Å². The van der Waals surface area contributed by atoms with Gasteiger partial charge in [0.25, 0.3) is 0 Å². The van der Waals surface area contributed by atoms with Crippen molar-refractivity contribution >= 4 is 17.5 Å². The molecule has 1 unspecified atom stereocenters. The number of nitrogens with one attached hydrogen (secondary N) is 1. The minimum atomic E-state index is -0.421. The predicted molar refractivity (Wildman–Crippen MR) is 74.7 cm³/mol. The van der Waals surface area contributed by atoms with Gasteiger partial charge in [0, 0.05) is 24.0 Å². The Morgan fingerprint density at radius 3 is 2.84 bits per heavy atom. The molecule has 1 atom stereocenters. The second-order valence-electron chi connectivity index (χ2n) is 4.51. The number of hydrogen-bond donors (Lipinski definition) is 1. The summed E-state index contributed by atoms with van der Waals surface area (Å²) < 4.78 is 10.3. The summed E-state index contributed by atoms with van der Waals surface area (Å²) in [5, 5.41) is 2.68. The monoisotopic (exact) mass is 264 g/mol. The van der Waals surface area contributed by atoms with E-state index in [4.69, 9.17) is 9.47 Å². The van der Waals surface area contributed by atoms with Crippen LogP contribution >= 0.6 is 0 Å². The molecule has 0 aromatic heterocycles. The Labute approximate surface area is 113 Å². The van der Waals surface area contributed by atoms with E-state index in [0.29, 0.717) is 12.6 Å². The lowest BCUT2D eigenvalue weighted by Crippen LogP contribution is -2.43. The molecule has 1 amide bonds. The summed E-state index contributed by atoms with van der Waals surface area (Å²) in [6.07, 6.45) is -0.421. The van der Waals surface area contributed by atoms with Crippen LogP contribution in [0.15, 0.2) is 24.3 Å². The maximum Gasteiger partial charge on any atom is 0.411 e. The molecule has 5 nitrogen and oxygen atoms in total. The lowest BCUT2D eigenvalue weighted by Gasteiger charge is -2.35. The lowest BCUT2D eigenvalue weighted by atomic mass is 10.2. The molecule has 1 saturated heterocycles. The van der Waals surface area contributed by atoms with Crippen LogP contribution in [-0.2, 0) is 9.47 Å². The van der Waals surface area contributed by atoms with Gasteiger partial charge in [0.15, 0.2) is 0 Å². The number of hydrogen-bond acceptors (Lipinski definition) is 4. The predicted octanol–water partition coefficient (Wildman–Crippen LogP) is 2.48. The number of rotatable bonds is 3. The van der Waals surface area contributed by atoms with Crippen LogP contribution in [0.1, 0.15) is 13.8 Å². The molecule has 5 heteroatoms. The molecule has 19 heavy (non-hydrogen) atoms. The molecule has 0 bridgehead atoms. The van der Waals surface area contributed by atoms with Crippen LogP contribution in [0.5, 0.6) is 0 Å². The normalized spacial score (nSPS) is 19.1. The fourth-order valence-electron chi connectivity index (χ4n) is 2.13. The summed E-state index contributed by atoms with van der Waals surface area (Å²) in [6.45, 7) is 6.70. The van der Waals surface area contributed by atoms with Crippen LogP contribution in [0, 0.1) is 0 Å².